The summed E-state index contributed by atoms with van der Waals surface area (Å²) >= 11 is 7.83. The van der Waals surface area contributed by atoms with Gasteiger partial charge >= 0.3 is 5.00 Å². The summed E-state index contributed by atoms with van der Waals surface area (Å²) in [6, 6.07) is 6.75. The minimum Gasteiger partial charge on any atom is -0.320 e. The second kappa shape index (κ2) is 5.36. The van der Waals surface area contributed by atoms with Crippen LogP contribution in [0.5, 0.6) is 0 Å². The number of halogens is 2. The fraction of sp³-hybridized carbons (Fsp3) is 0. The van der Waals surface area contributed by atoms with E-state index in [1.807, 2.05) is 12.1 Å². The molecule has 1 aliphatic rings. The maximum Gasteiger partial charge on any atom is 0.324 e. The molecular weight excluding hydrogens is 424 g/mol. The van der Waals surface area contributed by atoms with Crippen molar-refractivity contribution in [2.45, 2.75) is 0 Å². The van der Waals surface area contributed by atoms with Gasteiger partial charge in [0.25, 0.3) is 5.91 Å². The number of nitrogens with one attached hydrogen (secondary N) is 1. The number of anilines is 1. The van der Waals surface area contributed by atoms with Gasteiger partial charge in [0.05, 0.1) is 16.2 Å². The van der Waals surface area contributed by atoms with Crippen LogP contribution >= 0.6 is 43.2 Å². The van der Waals surface area contributed by atoms with Gasteiger partial charge in [-0.05, 0) is 40.2 Å². The number of nitro groups is 1. The largest absolute Gasteiger partial charge is 0.324 e. The third kappa shape index (κ3) is 2.66. The van der Waals surface area contributed by atoms with Crippen LogP contribution in [0.1, 0.15) is 10.4 Å². The summed E-state index contributed by atoms with van der Waals surface area (Å²) in [5.74, 6) is -0.222. The average Bonchev–Trinajstić information content (AvgIpc) is 2.98. The summed E-state index contributed by atoms with van der Waals surface area (Å²) in [4.78, 5) is 23.0. The lowest BCUT2D eigenvalue weighted by atomic mass is 10.1. The number of benzene rings is 1. The minimum atomic E-state index is -0.442. The number of carbonyl (C=O) groups is 1. The molecule has 2 heterocycles. The standard InChI is InChI=1S/C13H6Br2N2O3S/c14-6-3-8-9(13(18)16-12(8)10(15)4-6)5-7-1-2-11(21-7)17(19)20/h1-5H,(H,16,18). The Morgan fingerprint density at radius 2 is 2.05 bits per heavy atom. The van der Waals surface area contributed by atoms with Gasteiger partial charge in [-0.15, -0.1) is 0 Å². The lowest BCUT2D eigenvalue weighted by Crippen LogP contribution is -2.03. The Morgan fingerprint density at radius 1 is 1.29 bits per heavy atom. The van der Waals surface area contributed by atoms with Crippen molar-refractivity contribution in [2.75, 3.05) is 5.32 Å². The van der Waals surface area contributed by atoms with Gasteiger partial charge < -0.3 is 5.32 Å². The van der Waals surface area contributed by atoms with Gasteiger partial charge in [0.15, 0.2) is 0 Å². The van der Waals surface area contributed by atoms with E-state index in [1.54, 1.807) is 12.1 Å². The van der Waals surface area contributed by atoms with Crippen molar-refractivity contribution in [3.8, 4) is 0 Å². The van der Waals surface area contributed by atoms with Crippen LogP contribution in [0, 0.1) is 10.1 Å². The molecule has 1 aromatic heterocycles. The zero-order valence-corrected chi connectivity index (χ0v) is 14.2. The van der Waals surface area contributed by atoms with Crippen molar-refractivity contribution in [3.63, 3.8) is 0 Å². The summed E-state index contributed by atoms with van der Waals surface area (Å²) in [7, 11) is 0. The quantitative estimate of drug-likeness (QED) is 0.428. The zero-order valence-electron chi connectivity index (χ0n) is 10.2. The van der Waals surface area contributed by atoms with E-state index in [0.29, 0.717) is 16.1 Å². The first kappa shape index (κ1) is 14.4. The molecule has 0 saturated carbocycles. The molecule has 0 fully saturated rings. The number of carbonyl (C=O) groups excluding carboxylic acids is 1. The summed E-state index contributed by atoms with van der Waals surface area (Å²) in [5.41, 5.74) is 1.96. The van der Waals surface area contributed by atoms with E-state index < -0.39 is 4.92 Å². The third-order valence-electron chi connectivity index (χ3n) is 2.91. The van der Waals surface area contributed by atoms with Crippen LogP contribution < -0.4 is 5.32 Å². The maximum atomic E-state index is 12.1. The molecule has 1 amide bonds. The number of amides is 1. The average molecular weight is 430 g/mol. The maximum absolute atomic E-state index is 12.1. The molecule has 0 bridgehead atoms. The predicted molar refractivity (Wildman–Crippen MR) is 89.3 cm³/mol. The van der Waals surface area contributed by atoms with Gasteiger partial charge in [0.2, 0.25) is 0 Å². The number of fused-ring (bicyclic) bond motifs is 1. The Bertz CT molecular complexity index is 814. The molecule has 0 aliphatic carbocycles. The van der Waals surface area contributed by atoms with Crippen molar-refractivity contribution in [3.05, 3.63) is 53.8 Å². The van der Waals surface area contributed by atoms with Crippen LogP contribution in [0.3, 0.4) is 0 Å². The molecule has 3 rings (SSSR count). The van der Waals surface area contributed by atoms with Crippen molar-refractivity contribution in [1.82, 2.24) is 0 Å². The highest BCUT2D eigenvalue weighted by atomic mass is 79.9. The molecule has 1 aromatic carbocycles. The molecule has 8 heteroatoms. The smallest absolute Gasteiger partial charge is 0.320 e. The number of rotatable bonds is 2. The molecule has 2 aromatic rings. The number of nitrogens with zero attached hydrogens (tertiary/aromatic N) is 1. The lowest BCUT2D eigenvalue weighted by molar-refractivity contribution is -0.380. The SMILES string of the molecule is O=C1Nc2c(Br)cc(Br)cc2C1=Cc1ccc([N+](=O)[O-])s1. The van der Waals surface area contributed by atoms with Crippen LogP contribution in [0.2, 0.25) is 0 Å². The Morgan fingerprint density at radius 3 is 2.71 bits per heavy atom. The summed E-state index contributed by atoms with van der Waals surface area (Å²) in [6.45, 7) is 0. The molecule has 1 aliphatic heterocycles. The van der Waals surface area contributed by atoms with Gasteiger partial charge in [-0.1, -0.05) is 27.3 Å². The Hall–Kier alpha value is -1.51. The predicted octanol–water partition coefficient (Wildman–Crippen LogP) is 4.67. The Balaban J connectivity index is 2.09. The molecular formula is C13H6Br2N2O3S. The van der Waals surface area contributed by atoms with Crippen LogP contribution in [-0.2, 0) is 4.79 Å². The lowest BCUT2D eigenvalue weighted by Gasteiger charge is -2.02. The van der Waals surface area contributed by atoms with E-state index in [1.165, 1.54) is 6.07 Å². The second-order valence-electron chi connectivity index (χ2n) is 4.26. The molecule has 5 nitrogen and oxygen atoms in total. The van der Waals surface area contributed by atoms with Gasteiger partial charge in [0.1, 0.15) is 0 Å². The fourth-order valence-electron chi connectivity index (χ4n) is 2.02. The van der Waals surface area contributed by atoms with Gasteiger partial charge in [-0.3, -0.25) is 14.9 Å². The van der Waals surface area contributed by atoms with Crippen molar-refractivity contribution in [1.29, 1.82) is 0 Å². The first-order chi connectivity index (χ1) is 9.95. The Kier molecular flexibility index (Phi) is 3.68. The van der Waals surface area contributed by atoms with E-state index in [-0.39, 0.29) is 10.9 Å². The molecule has 0 saturated heterocycles. The van der Waals surface area contributed by atoms with Crippen LogP contribution in [0.25, 0.3) is 11.6 Å². The van der Waals surface area contributed by atoms with Gasteiger partial charge in [-0.25, -0.2) is 0 Å². The van der Waals surface area contributed by atoms with E-state index in [0.717, 1.165) is 25.8 Å². The molecule has 0 atom stereocenters. The molecule has 0 radical (unpaired) electrons. The Labute approximate surface area is 140 Å². The first-order valence-electron chi connectivity index (χ1n) is 5.72. The first-order valence-corrected chi connectivity index (χ1v) is 8.12. The monoisotopic (exact) mass is 428 g/mol. The summed E-state index contributed by atoms with van der Waals surface area (Å²) in [6.07, 6.45) is 1.66. The van der Waals surface area contributed by atoms with E-state index in [4.69, 9.17) is 0 Å². The van der Waals surface area contributed by atoms with Gasteiger partial charge in [0, 0.05) is 25.5 Å². The topological polar surface area (TPSA) is 72.2 Å². The van der Waals surface area contributed by atoms with E-state index in [9.17, 15) is 14.9 Å². The van der Waals surface area contributed by atoms with Crippen LogP contribution in [0.4, 0.5) is 10.7 Å². The molecule has 0 unspecified atom stereocenters. The summed E-state index contributed by atoms with van der Waals surface area (Å²) < 4.78 is 1.62. The van der Waals surface area contributed by atoms with E-state index in [2.05, 4.69) is 37.2 Å². The van der Waals surface area contributed by atoms with Crippen molar-refractivity contribution in [2.24, 2.45) is 0 Å². The number of hydrogen-bond donors (Lipinski definition) is 1. The van der Waals surface area contributed by atoms with Crippen molar-refractivity contribution < 1.29 is 9.72 Å². The molecule has 21 heavy (non-hydrogen) atoms. The number of thiophene rings is 1. The van der Waals surface area contributed by atoms with Gasteiger partial charge in [-0.2, -0.15) is 0 Å². The van der Waals surface area contributed by atoms with Crippen LogP contribution in [-0.4, -0.2) is 10.8 Å². The molecule has 106 valence electrons. The summed E-state index contributed by atoms with van der Waals surface area (Å²) in [5, 5.41) is 13.5. The highest BCUT2D eigenvalue weighted by Crippen LogP contribution is 2.41. The van der Waals surface area contributed by atoms with Crippen molar-refractivity contribution >= 4 is 71.4 Å². The number of hydrogen-bond acceptors (Lipinski definition) is 4. The third-order valence-corrected chi connectivity index (χ3v) is 4.97. The fourth-order valence-corrected chi connectivity index (χ4v) is 4.11. The highest BCUT2D eigenvalue weighted by Gasteiger charge is 2.27. The zero-order chi connectivity index (χ0) is 15.1. The van der Waals surface area contributed by atoms with E-state index >= 15 is 0 Å². The normalized spacial score (nSPS) is 15.1. The molecule has 1 N–H and O–H groups in total. The molecule has 0 spiro atoms. The van der Waals surface area contributed by atoms with Crippen LogP contribution in [0.15, 0.2) is 33.2 Å². The minimum absolute atomic E-state index is 0.0518. The highest BCUT2D eigenvalue weighted by molar-refractivity contribution is 9.11. The second-order valence-corrected chi connectivity index (χ2v) is 7.12.